The van der Waals surface area contributed by atoms with Gasteiger partial charge in [-0.05, 0) is 47.5 Å². The Bertz CT molecular complexity index is 1660. The maximum absolute atomic E-state index is 13.3. The van der Waals surface area contributed by atoms with Crippen LogP contribution in [0, 0.1) is 10.1 Å². The van der Waals surface area contributed by atoms with Gasteiger partial charge in [-0.25, -0.2) is 4.79 Å². The van der Waals surface area contributed by atoms with Gasteiger partial charge in [-0.2, -0.15) is 0 Å². The summed E-state index contributed by atoms with van der Waals surface area (Å²) in [6.45, 7) is 0.913. The van der Waals surface area contributed by atoms with Crippen LogP contribution in [0.15, 0.2) is 63.5 Å². The lowest BCUT2D eigenvalue weighted by Gasteiger charge is -2.12. The number of thiophene rings is 1. The Kier molecular flexibility index (Phi) is 7.73. The molecule has 2 aromatic carbocycles. The van der Waals surface area contributed by atoms with Gasteiger partial charge in [-0.3, -0.25) is 28.8 Å². The van der Waals surface area contributed by atoms with Gasteiger partial charge >= 0.3 is 5.69 Å². The molecule has 0 spiro atoms. The first kappa shape index (κ1) is 26.2. The number of rotatable bonds is 11. The molecule has 39 heavy (non-hydrogen) atoms. The van der Waals surface area contributed by atoms with Crippen LogP contribution in [0.5, 0.6) is 11.5 Å². The maximum atomic E-state index is 13.3. The van der Waals surface area contributed by atoms with Gasteiger partial charge in [-0.15, -0.1) is 11.3 Å². The monoisotopic (exact) mass is 550 g/mol. The highest BCUT2D eigenvalue weighted by Crippen LogP contribution is 2.32. The Morgan fingerprint density at radius 3 is 2.69 bits per heavy atom. The van der Waals surface area contributed by atoms with E-state index in [1.54, 1.807) is 23.6 Å². The first-order valence-electron chi connectivity index (χ1n) is 12.5. The Labute approximate surface area is 226 Å². The fraction of sp³-hybridized carbons (Fsp3) is 0.296. The number of benzene rings is 2. The largest absolute Gasteiger partial charge is 0.454 e. The quantitative estimate of drug-likeness (QED) is 0.171. The zero-order valence-corrected chi connectivity index (χ0v) is 21.8. The number of amides is 1. The van der Waals surface area contributed by atoms with E-state index in [0.717, 1.165) is 5.56 Å². The van der Waals surface area contributed by atoms with Crippen LogP contribution in [-0.2, 0) is 24.4 Å². The standard InChI is InChI=1S/C27H26N4O7S/c32-24(28-15-18-8-9-22-23(14-18)38-17-37-22)7-2-1-3-11-29-26(33)25-21(10-12-39-25)30(27(29)34)16-19-5-4-6-20(13-19)31(35)36/h4-6,8-10,12-14H,1-3,7,11,15-17H2,(H,28,32). The molecule has 0 unspecified atom stereocenters. The van der Waals surface area contributed by atoms with E-state index in [-0.39, 0.29) is 37.0 Å². The Balaban J connectivity index is 1.17. The molecule has 1 aliphatic rings. The fourth-order valence-corrected chi connectivity index (χ4v) is 5.35. The van der Waals surface area contributed by atoms with Crippen molar-refractivity contribution in [3.05, 3.63) is 96.0 Å². The molecule has 0 fully saturated rings. The molecule has 12 heteroatoms. The third-order valence-electron chi connectivity index (χ3n) is 6.51. The van der Waals surface area contributed by atoms with Gasteiger partial charge in [0.2, 0.25) is 12.7 Å². The third-order valence-corrected chi connectivity index (χ3v) is 7.40. The van der Waals surface area contributed by atoms with E-state index in [0.29, 0.717) is 59.5 Å². The van der Waals surface area contributed by atoms with Crippen molar-refractivity contribution < 1.29 is 19.2 Å². The number of nitro benzene ring substituents is 1. The SMILES string of the molecule is O=C(CCCCCn1c(=O)c2sccc2n(Cc2cccc([N+](=O)[O-])c2)c1=O)NCc1ccc2c(c1)OCO2. The average Bonchev–Trinajstić information content (AvgIpc) is 3.61. The maximum Gasteiger partial charge on any atom is 0.331 e. The Morgan fingerprint density at radius 1 is 1.00 bits per heavy atom. The van der Waals surface area contributed by atoms with Gasteiger partial charge in [0, 0.05) is 31.6 Å². The van der Waals surface area contributed by atoms with E-state index >= 15 is 0 Å². The van der Waals surface area contributed by atoms with Crippen LogP contribution in [0.1, 0.15) is 36.8 Å². The number of ether oxygens (including phenoxy) is 2. The van der Waals surface area contributed by atoms with Crippen molar-refractivity contribution in [1.29, 1.82) is 0 Å². The number of fused-ring (bicyclic) bond motifs is 2. The topological polar surface area (TPSA) is 135 Å². The van der Waals surface area contributed by atoms with E-state index in [9.17, 15) is 24.5 Å². The normalized spacial score (nSPS) is 12.1. The molecule has 1 amide bonds. The molecule has 11 nitrogen and oxygen atoms in total. The molecule has 0 atom stereocenters. The molecule has 0 saturated heterocycles. The molecular weight excluding hydrogens is 524 g/mol. The molecule has 2 aromatic heterocycles. The molecule has 1 aliphatic heterocycles. The smallest absolute Gasteiger partial charge is 0.331 e. The van der Waals surface area contributed by atoms with Crippen molar-refractivity contribution in [2.45, 2.75) is 45.3 Å². The predicted octanol–water partition coefficient (Wildman–Crippen LogP) is 3.79. The van der Waals surface area contributed by atoms with E-state index in [1.165, 1.54) is 32.6 Å². The van der Waals surface area contributed by atoms with E-state index < -0.39 is 10.6 Å². The molecule has 0 bridgehead atoms. The number of hydrogen-bond acceptors (Lipinski definition) is 8. The lowest BCUT2D eigenvalue weighted by Crippen LogP contribution is -2.39. The zero-order chi connectivity index (χ0) is 27.4. The number of nitrogens with zero attached hydrogens (tertiary/aromatic N) is 3. The van der Waals surface area contributed by atoms with Crippen LogP contribution in [0.4, 0.5) is 5.69 Å². The first-order valence-corrected chi connectivity index (χ1v) is 13.4. The molecule has 202 valence electrons. The Morgan fingerprint density at radius 2 is 1.85 bits per heavy atom. The highest BCUT2D eigenvalue weighted by molar-refractivity contribution is 7.17. The minimum absolute atomic E-state index is 0.0599. The number of unbranched alkanes of at least 4 members (excludes halogenated alkanes) is 2. The second kappa shape index (κ2) is 11.5. The van der Waals surface area contributed by atoms with Gasteiger partial charge in [-0.1, -0.05) is 24.6 Å². The number of nitro groups is 1. The van der Waals surface area contributed by atoms with Gasteiger partial charge < -0.3 is 14.8 Å². The summed E-state index contributed by atoms with van der Waals surface area (Å²) in [5, 5.41) is 15.8. The van der Waals surface area contributed by atoms with Crippen molar-refractivity contribution in [2.75, 3.05) is 6.79 Å². The predicted molar refractivity (Wildman–Crippen MR) is 145 cm³/mol. The number of nitrogens with one attached hydrogen (secondary N) is 1. The van der Waals surface area contributed by atoms with Crippen LogP contribution in [-0.4, -0.2) is 26.8 Å². The van der Waals surface area contributed by atoms with Crippen LogP contribution < -0.4 is 26.0 Å². The summed E-state index contributed by atoms with van der Waals surface area (Å²) >= 11 is 1.26. The molecule has 1 N–H and O–H groups in total. The summed E-state index contributed by atoms with van der Waals surface area (Å²) < 4.78 is 13.8. The van der Waals surface area contributed by atoms with Crippen molar-refractivity contribution in [3.8, 4) is 11.5 Å². The summed E-state index contributed by atoms with van der Waals surface area (Å²) in [6.07, 6.45) is 2.17. The van der Waals surface area contributed by atoms with Crippen LogP contribution >= 0.6 is 11.3 Å². The molecule has 5 rings (SSSR count). The van der Waals surface area contributed by atoms with Crippen LogP contribution in [0.25, 0.3) is 10.2 Å². The number of hydrogen-bond donors (Lipinski definition) is 1. The third kappa shape index (κ3) is 5.85. The van der Waals surface area contributed by atoms with E-state index in [1.807, 2.05) is 18.2 Å². The molecular formula is C27H26N4O7S. The second-order valence-corrected chi connectivity index (χ2v) is 10.1. The van der Waals surface area contributed by atoms with Gasteiger partial charge in [0.1, 0.15) is 4.70 Å². The average molecular weight is 551 g/mol. The van der Waals surface area contributed by atoms with Crippen LogP contribution in [0.3, 0.4) is 0 Å². The number of carbonyl (C=O) groups excluding carboxylic acids is 1. The molecule has 4 aromatic rings. The van der Waals surface area contributed by atoms with Crippen molar-refractivity contribution in [3.63, 3.8) is 0 Å². The van der Waals surface area contributed by atoms with E-state index in [2.05, 4.69) is 5.32 Å². The molecule has 0 radical (unpaired) electrons. The number of non-ortho nitro benzene ring substituents is 1. The summed E-state index contributed by atoms with van der Waals surface area (Å²) in [5.41, 5.74) is 1.15. The van der Waals surface area contributed by atoms with Crippen molar-refractivity contribution >= 4 is 33.1 Å². The first-order chi connectivity index (χ1) is 18.9. The van der Waals surface area contributed by atoms with E-state index in [4.69, 9.17) is 9.47 Å². The number of carbonyl (C=O) groups is 1. The number of aromatic nitrogens is 2. The molecule has 3 heterocycles. The summed E-state index contributed by atoms with van der Waals surface area (Å²) in [7, 11) is 0. The minimum Gasteiger partial charge on any atom is -0.454 e. The lowest BCUT2D eigenvalue weighted by molar-refractivity contribution is -0.384. The summed E-state index contributed by atoms with van der Waals surface area (Å²) in [4.78, 5) is 49.3. The molecule has 0 saturated carbocycles. The van der Waals surface area contributed by atoms with Crippen LogP contribution in [0.2, 0.25) is 0 Å². The summed E-state index contributed by atoms with van der Waals surface area (Å²) in [5.74, 6) is 1.28. The van der Waals surface area contributed by atoms with Gasteiger partial charge in [0.15, 0.2) is 11.5 Å². The van der Waals surface area contributed by atoms with Gasteiger partial charge in [0.05, 0.1) is 17.0 Å². The highest BCUT2D eigenvalue weighted by atomic mass is 32.1. The summed E-state index contributed by atoms with van der Waals surface area (Å²) in [6, 6.07) is 13.4. The van der Waals surface area contributed by atoms with Crippen molar-refractivity contribution in [1.82, 2.24) is 14.5 Å². The minimum atomic E-state index is -0.481. The lowest BCUT2D eigenvalue weighted by atomic mass is 10.1. The van der Waals surface area contributed by atoms with Crippen molar-refractivity contribution in [2.24, 2.45) is 0 Å². The highest BCUT2D eigenvalue weighted by Gasteiger charge is 2.16. The zero-order valence-electron chi connectivity index (χ0n) is 21.0. The second-order valence-electron chi connectivity index (χ2n) is 9.16. The van der Waals surface area contributed by atoms with Gasteiger partial charge in [0.25, 0.3) is 11.2 Å². The Hall–Kier alpha value is -4.45. The fourth-order valence-electron chi connectivity index (χ4n) is 4.51. The molecule has 0 aliphatic carbocycles.